The molecule has 0 aromatic heterocycles. The maximum absolute atomic E-state index is 11.8. The molecule has 2 rings (SSSR count). The van der Waals surface area contributed by atoms with Crippen molar-refractivity contribution in [2.75, 3.05) is 0 Å². The van der Waals surface area contributed by atoms with Gasteiger partial charge in [0, 0.05) is 0 Å². The molecular formula is C12H21NO2. The molecule has 2 fully saturated rings. The third-order valence-corrected chi connectivity index (χ3v) is 3.17. The molecule has 86 valence electrons. The minimum atomic E-state index is -0.362. The first-order valence-corrected chi connectivity index (χ1v) is 6.00. The van der Waals surface area contributed by atoms with Crippen LogP contribution >= 0.6 is 0 Å². The Morgan fingerprint density at radius 3 is 2.13 bits per heavy atom. The van der Waals surface area contributed by atoms with Gasteiger partial charge >= 0.3 is 6.09 Å². The lowest BCUT2D eigenvalue weighted by molar-refractivity contribution is 0.0388. The summed E-state index contributed by atoms with van der Waals surface area (Å²) in [6, 6.07) is 0.977. The van der Waals surface area contributed by atoms with E-state index >= 15 is 0 Å². The molecule has 2 unspecified atom stereocenters. The lowest BCUT2D eigenvalue weighted by Crippen LogP contribution is -2.28. The van der Waals surface area contributed by atoms with E-state index in [-0.39, 0.29) is 11.7 Å². The van der Waals surface area contributed by atoms with Crippen molar-refractivity contribution in [3.8, 4) is 0 Å². The molecule has 3 heteroatoms. The number of hydrogen-bond acceptors (Lipinski definition) is 2. The highest BCUT2D eigenvalue weighted by Crippen LogP contribution is 2.40. The van der Waals surface area contributed by atoms with Crippen LogP contribution in [0.2, 0.25) is 0 Å². The largest absolute Gasteiger partial charge is 0.444 e. The predicted octanol–water partition coefficient (Wildman–Crippen LogP) is 2.94. The van der Waals surface area contributed by atoms with Gasteiger partial charge in [0.2, 0.25) is 0 Å². The zero-order valence-electron chi connectivity index (χ0n) is 9.95. The molecule has 1 saturated heterocycles. The average Bonchev–Trinajstić information content (AvgIpc) is 2.72. The molecule has 15 heavy (non-hydrogen) atoms. The van der Waals surface area contributed by atoms with Gasteiger partial charge in [-0.3, -0.25) is 4.90 Å². The van der Waals surface area contributed by atoms with Gasteiger partial charge in [0.05, 0.1) is 12.1 Å². The first-order chi connectivity index (χ1) is 6.99. The molecule has 1 aliphatic heterocycles. The van der Waals surface area contributed by atoms with Crippen molar-refractivity contribution in [2.45, 2.75) is 70.6 Å². The molecule has 0 aromatic carbocycles. The molecule has 0 spiro atoms. The smallest absolute Gasteiger partial charge is 0.410 e. The standard InChI is InChI=1S/C12H21NO2/c1-12(2,3)15-11(14)13-9-7-5-4-6-8-10(9)13/h9-10H,4-8H2,1-3H3. The fraction of sp³-hybridized carbons (Fsp3) is 0.917. The van der Waals surface area contributed by atoms with Crippen molar-refractivity contribution in [1.29, 1.82) is 0 Å². The van der Waals surface area contributed by atoms with E-state index < -0.39 is 0 Å². The van der Waals surface area contributed by atoms with Crippen LogP contribution in [-0.4, -0.2) is 28.7 Å². The fourth-order valence-corrected chi connectivity index (χ4v) is 2.47. The average molecular weight is 211 g/mol. The van der Waals surface area contributed by atoms with Gasteiger partial charge < -0.3 is 4.74 Å². The van der Waals surface area contributed by atoms with Crippen molar-refractivity contribution < 1.29 is 9.53 Å². The SMILES string of the molecule is CC(C)(C)OC(=O)N1C2CCCCCC21. The van der Waals surface area contributed by atoms with Gasteiger partial charge in [-0.2, -0.15) is 0 Å². The number of carbonyl (C=O) groups excluding carboxylic acids is 1. The number of hydrogen-bond donors (Lipinski definition) is 0. The van der Waals surface area contributed by atoms with E-state index in [1.165, 1.54) is 32.1 Å². The fourth-order valence-electron chi connectivity index (χ4n) is 2.47. The maximum Gasteiger partial charge on any atom is 0.410 e. The molecule has 1 heterocycles. The highest BCUT2D eigenvalue weighted by molar-refractivity contribution is 5.72. The number of amides is 1. The first-order valence-electron chi connectivity index (χ1n) is 6.00. The Morgan fingerprint density at radius 1 is 1.13 bits per heavy atom. The molecule has 1 saturated carbocycles. The van der Waals surface area contributed by atoms with Crippen LogP contribution in [-0.2, 0) is 4.74 Å². The Labute approximate surface area is 91.8 Å². The van der Waals surface area contributed by atoms with Crippen molar-refractivity contribution in [3.05, 3.63) is 0 Å². The van der Waals surface area contributed by atoms with Gasteiger partial charge in [-0.15, -0.1) is 0 Å². The Kier molecular flexibility index (Phi) is 2.65. The summed E-state index contributed by atoms with van der Waals surface area (Å²) in [4.78, 5) is 13.7. The summed E-state index contributed by atoms with van der Waals surface area (Å²) < 4.78 is 5.38. The summed E-state index contributed by atoms with van der Waals surface area (Å²) in [6.07, 6.45) is 6.09. The van der Waals surface area contributed by atoms with E-state index in [9.17, 15) is 4.79 Å². The summed E-state index contributed by atoms with van der Waals surface area (Å²) in [5.41, 5.74) is -0.362. The molecular weight excluding hydrogens is 190 g/mol. The number of fused-ring (bicyclic) bond motifs is 1. The summed E-state index contributed by atoms with van der Waals surface area (Å²) in [7, 11) is 0. The van der Waals surface area contributed by atoms with E-state index in [1.807, 2.05) is 25.7 Å². The van der Waals surface area contributed by atoms with Crippen molar-refractivity contribution in [1.82, 2.24) is 4.90 Å². The molecule has 1 amide bonds. The van der Waals surface area contributed by atoms with Crippen LogP contribution in [0.25, 0.3) is 0 Å². The van der Waals surface area contributed by atoms with E-state index in [1.54, 1.807) is 0 Å². The Bertz CT molecular complexity index is 245. The van der Waals surface area contributed by atoms with Gasteiger partial charge in [-0.1, -0.05) is 19.3 Å². The first kappa shape index (κ1) is 10.8. The lowest BCUT2D eigenvalue weighted by Gasteiger charge is -2.20. The zero-order chi connectivity index (χ0) is 11.1. The highest BCUT2D eigenvalue weighted by atomic mass is 16.6. The topological polar surface area (TPSA) is 29.3 Å². The molecule has 0 aromatic rings. The van der Waals surface area contributed by atoms with E-state index in [4.69, 9.17) is 4.74 Å². The highest BCUT2D eigenvalue weighted by Gasteiger charge is 2.51. The normalized spacial score (nSPS) is 30.5. The summed E-state index contributed by atoms with van der Waals surface area (Å²) >= 11 is 0. The molecule has 3 nitrogen and oxygen atoms in total. The minimum Gasteiger partial charge on any atom is -0.444 e. The van der Waals surface area contributed by atoms with E-state index in [2.05, 4.69) is 0 Å². The third-order valence-electron chi connectivity index (χ3n) is 3.17. The van der Waals surface area contributed by atoms with E-state index in [0.29, 0.717) is 12.1 Å². The number of rotatable bonds is 0. The number of carbonyl (C=O) groups is 1. The van der Waals surface area contributed by atoms with Crippen LogP contribution in [0.1, 0.15) is 52.9 Å². The van der Waals surface area contributed by atoms with Crippen LogP contribution < -0.4 is 0 Å². The number of ether oxygens (including phenoxy) is 1. The Hall–Kier alpha value is -0.730. The summed E-state index contributed by atoms with van der Waals surface area (Å²) in [5, 5.41) is 0. The van der Waals surface area contributed by atoms with Gasteiger partial charge in [0.15, 0.2) is 0 Å². The second-order valence-corrected chi connectivity index (χ2v) is 5.66. The van der Waals surface area contributed by atoms with Crippen LogP contribution in [0.4, 0.5) is 4.79 Å². The third kappa shape index (κ3) is 2.44. The molecule has 0 bridgehead atoms. The van der Waals surface area contributed by atoms with E-state index in [0.717, 1.165) is 0 Å². The maximum atomic E-state index is 11.8. The summed E-state index contributed by atoms with van der Waals surface area (Å²) in [6.45, 7) is 5.76. The molecule has 0 radical (unpaired) electrons. The monoisotopic (exact) mass is 211 g/mol. The summed E-state index contributed by atoms with van der Waals surface area (Å²) in [5.74, 6) is 0. The second kappa shape index (κ2) is 3.69. The molecule has 2 atom stereocenters. The predicted molar refractivity (Wildman–Crippen MR) is 58.7 cm³/mol. The van der Waals surface area contributed by atoms with Gasteiger partial charge in [-0.05, 0) is 33.6 Å². The van der Waals surface area contributed by atoms with Crippen molar-refractivity contribution >= 4 is 6.09 Å². The second-order valence-electron chi connectivity index (χ2n) is 5.66. The minimum absolute atomic E-state index is 0.112. The van der Waals surface area contributed by atoms with Crippen LogP contribution in [0, 0.1) is 0 Å². The Morgan fingerprint density at radius 2 is 1.67 bits per heavy atom. The van der Waals surface area contributed by atoms with Crippen molar-refractivity contribution in [2.24, 2.45) is 0 Å². The number of nitrogens with zero attached hydrogens (tertiary/aromatic N) is 1. The lowest BCUT2D eigenvalue weighted by atomic mass is 10.2. The van der Waals surface area contributed by atoms with Crippen LogP contribution in [0.3, 0.4) is 0 Å². The molecule has 1 aliphatic carbocycles. The van der Waals surface area contributed by atoms with Gasteiger partial charge in [0.25, 0.3) is 0 Å². The zero-order valence-corrected chi connectivity index (χ0v) is 9.95. The Balaban J connectivity index is 1.89. The van der Waals surface area contributed by atoms with Crippen molar-refractivity contribution in [3.63, 3.8) is 0 Å². The number of likely N-dealkylation sites (tertiary alicyclic amines) is 1. The van der Waals surface area contributed by atoms with Crippen LogP contribution in [0.15, 0.2) is 0 Å². The quantitative estimate of drug-likeness (QED) is 0.576. The van der Waals surface area contributed by atoms with Gasteiger partial charge in [-0.25, -0.2) is 4.79 Å². The van der Waals surface area contributed by atoms with Crippen LogP contribution in [0.5, 0.6) is 0 Å². The van der Waals surface area contributed by atoms with Gasteiger partial charge in [0.1, 0.15) is 5.60 Å². The molecule has 2 aliphatic rings. The molecule has 0 N–H and O–H groups in total.